The van der Waals surface area contributed by atoms with E-state index in [9.17, 15) is 4.79 Å². The summed E-state index contributed by atoms with van der Waals surface area (Å²) >= 11 is 0. The zero-order chi connectivity index (χ0) is 14.7. The maximum absolute atomic E-state index is 12.5. The topological polar surface area (TPSA) is 42.1 Å². The summed E-state index contributed by atoms with van der Waals surface area (Å²) in [5.74, 6) is 1.70. The number of ketones is 1. The monoisotopic (exact) mass is 285 g/mol. The van der Waals surface area contributed by atoms with Gasteiger partial charge in [0.05, 0.1) is 6.61 Å². The Labute approximate surface area is 125 Å². The van der Waals surface area contributed by atoms with E-state index in [4.69, 9.17) is 4.74 Å². The van der Waals surface area contributed by atoms with Crippen molar-refractivity contribution in [3.8, 4) is 5.75 Å². The summed E-state index contributed by atoms with van der Waals surface area (Å²) in [6.45, 7) is 2.80. The first kappa shape index (κ1) is 14.2. The number of carbonyl (C=O) groups excluding carboxylic acids is 1. The first-order valence-electron chi connectivity index (χ1n) is 8.05. The lowest BCUT2D eigenvalue weighted by Gasteiger charge is -2.08. The lowest BCUT2D eigenvalue weighted by molar-refractivity contribution is 0.0964. The van der Waals surface area contributed by atoms with E-state index in [-0.39, 0.29) is 5.78 Å². The highest BCUT2D eigenvalue weighted by Crippen LogP contribution is 2.31. The largest absolute Gasteiger partial charge is 0.494 e. The second-order valence-corrected chi connectivity index (χ2v) is 6.04. The van der Waals surface area contributed by atoms with Gasteiger partial charge in [0, 0.05) is 29.1 Å². The first-order chi connectivity index (χ1) is 10.3. The third-order valence-corrected chi connectivity index (χ3v) is 4.38. The number of fused-ring (bicyclic) bond motifs is 1. The van der Waals surface area contributed by atoms with Crippen LogP contribution in [0.1, 0.15) is 55.8 Å². The molecule has 21 heavy (non-hydrogen) atoms. The van der Waals surface area contributed by atoms with Crippen LogP contribution in [0.25, 0.3) is 10.9 Å². The smallest absolute Gasteiger partial charge is 0.165 e. The van der Waals surface area contributed by atoms with Gasteiger partial charge in [0.2, 0.25) is 0 Å². The van der Waals surface area contributed by atoms with Crippen LogP contribution in [0.4, 0.5) is 0 Å². The van der Waals surface area contributed by atoms with Gasteiger partial charge in [-0.05, 0) is 30.5 Å². The molecule has 2 aromatic rings. The molecule has 0 spiro atoms. The number of hydrogen-bond acceptors (Lipinski definition) is 2. The fourth-order valence-corrected chi connectivity index (χ4v) is 3.23. The molecule has 1 fully saturated rings. The predicted molar refractivity (Wildman–Crippen MR) is 85.0 cm³/mol. The molecule has 112 valence electrons. The SMILES string of the molecule is CCCOc1ccc2[nH]cc(C(=O)CC3CCCC3)c2c1. The molecule has 1 aromatic carbocycles. The van der Waals surface area contributed by atoms with Crippen molar-refractivity contribution in [3.05, 3.63) is 30.0 Å². The second-order valence-electron chi connectivity index (χ2n) is 6.04. The zero-order valence-corrected chi connectivity index (χ0v) is 12.7. The molecular formula is C18H23NO2. The van der Waals surface area contributed by atoms with Gasteiger partial charge in [0.25, 0.3) is 0 Å². The molecule has 0 atom stereocenters. The maximum Gasteiger partial charge on any atom is 0.165 e. The molecule has 0 bridgehead atoms. The lowest BCUT2D eigenvalue weighted by atomic mass is 9.97. The van der Waals surface area contributed by atoms with Crippen LogP contribution in [-0.4, -0.2) is 17.4 Å². The molecule has 0 radical (unpaired) electrons. The van der Waals surface area contributed by atoms with Gasteiger partial charge in [-0.15, -0.1) is 0 Å². The summed E-state index contributed by atoms with van der Waals surface area (Å²) in [5, 5.41) is 0.992. The average Bonchev–Trinajstić information content (AvgIpc) is 3.13. The van der Waals surface area contributed by atoms with Gasteiger partial charge < -0.3 is 9.72 Å². The molecule has 1 aromatic heterocycles. The number of benzene rings is 1. The summed E-state index contributed by atoms with van der Waals surface area (Å²) in [5.41, 5.74) is 1.83. The number of Topliss-reactive ketones (excluding diaryl/α,β-unsaturated/α-hetero) is 1. The van der Waals surface area contributed by atoms with Crippen LogP contribution >= 0.6 is 0 Å². The third kappa shape index (κ3) is 3.12. The zero-order valence-electron chi connectivity index (χ0n) is 12.7. The molecular weight excluding hydrogens is 262 g/mol. The first-order valence-corrected chi connectivity index (χ1v) is 8.05. The van der Waals surface area contributed by atoms with Gasteiger partial charge in [-0.3, -0.25) is 4.79 Å². The van der Waals surface area contributed by atoms with Crippen molar-refractivity contribution >= 4 is 16.7 Å². The van der Waals surface area contributed by atoms with Crippen LogP contribution < -0.4 is 4.74 Å². The molecule has 1 saturated carbocycles. The second kappa shape index (κ2) is 6.33. The Morgan fingerprint density at radius 1 is 1.33 bits per heavy atom. The van der Waals surface area contributed by atoms with Crippen LogP contribution in [0, 0.1) is 5.92 Å². The molecule has 0 saturated heterocycles. The molecule has 3 heteroatoms. The number of ether oxygens (including phenoxy) is 1. The van der Waals surface area contributed by atoms with E-state index in [1.165, 1.54) is 25.7 Å². The van der Waals surface area contributed by atoms with Crippen LogP contribution in [0.2, 0.25) is 0 Å². The Morgan fingerprint density at radius 3 is 2.90 bits per heavy atom. The van der Waals surface area contributed by atoms with E-state index in [0.717, 1.165) is 28.6 Å². The summed E-state index contributed by atoms with van der Waals surface area (Å²) in [4.78, 5) is 15.7. The standard InChI is InChI=1S/C18H23NO2/c1-2-9-21-14-7-8-17-15(11-14)16(12-19-17)18(20)10-13-5-3-4-6-13/h7-8,11-13,19H,2-6,9-10H2,1H3. The molecule has 0 unspecified atom stereocenters. The number of hydrogen-bond donors (Lipinski definition) is 1. The van der Waals surface area contributed by atoms with E-state index >= 15 is 0 Å². The molecule has 3 rings (SSSR count). The minimum absolute atomic E-state index is 0.265. The summed E-state index contributed by atoms with van der Waals surface area (Å²) in [6.07, 6.45) is 8.50. The molecule has 1 N–H and O–H groups in total. The van der Waals surface area contributed by atoms with Crippen LogP contribution in [0.15, 0.2) is 24.4 Å². The average molecular weight is 285 g/mol. The van der Waals surface area contributed by atoms with Crippen molar-refractivity contribution in [1.29, 1.82) is 0 Å². The van der Waals surface area contributed by atoms with Crippen molar-refractivity contribution in [3.63, 3.8) is 0 Å². The number of aromatic nitrogens is 1. The highest BCUT2D eigenvalue weighted by molar-refractivity contribution is 6.08. The summed E-state index contributed by atoms with van der Waals surface area (Å²) in [7, 11) is 0. The Hall–Kier alpha value is -1.77. The quantitative estimate of drug-likeness (QED) is 0.780. The van der Waals surface area contributed by atoms with Crippen LogP contribution in [-0.2, 0) is 0 Å². The van der Waals surface area contributed by atoms with Gasteiger partial charge in [-0.2, -0.15) is 0 Å². The van der Waals surface area contributed by atoms with Crippen LogP contribution in [0.3, 0.4) is 0 Å². The van der Waals surface area contributed by atoms with E-state index in [2.05, 4.69) is 11.9 Å². The van der Waals surface area contributed by atoms with Crippen molar-refractivity contribution in [2.24, 2.45) is 5.92 Å². The normalized spacial score (nSPS) is 15.7. The Kier molecular flexibility index (Phi) is 4.28. The van der Waals surface area contributed by atoms with Crippen molar-refractivity contribution in [1.82, 2.24) is 4.98 Å². The molecule has 1 aliphatic carbocycles. The molecule has 0 aliphatic heterocycles. The van der Waals surface area contributed by atoms with Gasteiger partial charge in [0.1, 0.15) is 5.75 Å². The molecule has 1 aliphatic rings. The molecule has 1 heterocycles. The Morgan fingerprint density at radius 2 is 2.14 bits per heavy atom. The van der Waals surface area contributed by atoms with E-state index < -0.39 is 0 Å². The minimum Gasteiger partial charge on any atom is -0.494 e. The summed E-state index contributed by atoms with van der Waals surface area (Å²) in [6, 6.07) is 5.94. The van der Waals surface area contributed by atoms with Crippen molar-refractivity contribution < 1.29 is 9.53 Å². The number of aromatic amines is 1. The van der Waals surface area contributed by atoms with E-state index in [1.807, 2.05) is 24.4 Å². The number of H-pyrrole nitrogens is 1. The van der Waals surface area contributed by atoms with E-state index in [1.54, 1.807) is 0 Å². The van der Waals surface area contributed by atoms with Gasteiger partial charge in [-0.1, -0.05) is 32.6 Å². The van der Waals surface area contributed by atoms with Crippen molar-refractivity contribution in [2.45, 2.75) is 45.4 Å². The minimum atomic E-state index is 0.265. The highest BCUT2D eigenvalue weighted by atomic mass is 16.5. The highest BCUT2D eigenvalue weighted by Gasteiger charge is 2.21. The molecule has 3 nitrogen and oxygen atoms in total. The van der Waals surface area contributed by atoms with Gasteiger partial charge in [-0.25, -0.2) is 0 Å². The van der Waals surface area contributed by atoms with Crippen molar-refractivity contribution in [2.75, 3.05) is 6.61 Å². The number of nitrogens with one attached hydrogen (secondary N) is 1. The fourth-order valence-electron chi connectivity index (χ4n) is 3.23. The fraction of sp³-hybridized carbons (Fsp3) is 0.500. The van der Waals surface area contributed by atoms with Gasteiger partial charge >= 0.3 is 0 Å². The Balaban J connectivity index is 1.81. The predicted octanol–water partition coefficient (Wildman–Crippen LogP) is 4.72. The number of rotatable bonds is 6. The van der Waals surface area contributed by atoms with Crippen LogP contribution in [0.5, 0.6) is 5.75 Å². The van der Waals surface area contributed by atoms with E-state index in [0.29, 0.717) is 18.9 Å². The number of carbonyl (C=O) groups is 1. The summed E-state index contributed by atoms with van der Waals surface area (Å²) < 4.78 is 5.68. The molecule has 0 amide bonds. The van der Waals surface area contributed by atoms with Gasteiger partial charge in [0.15, 0.2) is 5.78 Å². The third-order valence-electron chi connectivity index (χ3n) is 4.38. The Bertz CT molecular complexity index is 623. The maximum atomic E-state index is 12.5. The lowest BCUT2D eigenvalue weighted by Crippen LogP contribution is -2.05.